The lowest BCUT2D eigenvalue weighted by Gasteiger charge is -2.10. The van der Waals surface area contributed by atoms with Gasteiger partial charge in [-0.15, -0.1) is 4.68 Å². The molecule has 0 unspecified atom stereocenters. The first-order valence-electron chi connectivity index (χ1n) is 5.45. The van der Waals surface area contributed by atoms with E-state index in [1.54, 1.807) is 0 Å². The summed E-state index contributed by atoms with van der Waals surface area (Å²) >= 11 is 0. The Kier molecular flexibility index (Phi) is 3.31. The highest BCUT2D eigenvalue weighted by Crippen LogP contribution is 2.16. The number of aromatic nitrogens is 3. The lowest BCUT2D eigenvalue weighted by Crippen LogP contribution is -2.07. The number of aryl methyl sites for hydroxylation is 1. The predicted molar refractivity (Wildman–Crippen MR) is 58.8 cm³/mol. The van der Waals surface area contributed by atoms with Crippen molar-refractivity contribution in [2.24, 2.45) is 12.2 Å². The SMILES string of the molecule is Cn1nc([N+](=O)[O-])nc1ON=C1CCCCC1. The molecule has 0 saturated heterocycles. The highest BCUT2D eigenvalue weighted by Gasteiger charge is 2.21. The zero-order chi connectivity index (χ0) is 12.3. The van der Waals surface area contributed by atoms with Crippen molar-refractivity contribution in [2.75, 3.05) is 0 Å². The number of nitrogens with zero attached hydrogens (tertiary/aromatic N) is 5. The highest BCUT2D eigenvalue weighted by atomic mass is 16.7. The van der Waals surface area contributed by atoms with Gasteiger partial charge in [-0.3, -0.25) is 4.84 Å². The van der Waals surface area contributed by atoms with Crippen LogP contribution in [0, 0.1) is 10.1 Å². The van der Waals surface area contributed by atoms with Gasteiger partial charge in [0.25, 0.3) is 0 Å². The molecule has 1 aromatic heterocycles. The fraction of sp³-hybridized carbons (Fsp3) is 0.667. The van der Waals surface area contributed by atoms with Gasteiger partial charge < -0.3 is 10.1 Å². The second-order valence-electron chi connectivity index (χ2n) is 3.88. The zero-order valence-electron chi connectivity index (χ0n) is 9.50. The Morgan fingerprint density at radius 2 is 2.12 bits per heavy atom. The maximum Gasteiger partial charge on any atom is 0.494 e. The van der Waals surface area contributed by atoms with Crippen molar-refractivity contribution in [3.63, 3.8) is 0 Å². The first-order chi connectivity index (χ1) is 8.16. The van der Waals surface area contributed by atoms with Gasteiger partial charge >= 0.3 is 12.0 Å². The number of rotatable bonds is 3. The second kappa shape index (κ2) is 4.89. The minimum absolute atomic E-state index is 0.0368. The average Bonchev–Trinajstić information content (AvgIpc) is 2.70. The minimum atomic E-state index is -0.666. The quantitative estimate of drug-likeness (QED) is 0.587. The molecule has 8 heteroatoms. The fourth-order valence-corrected chi connectivity index (χ4v) is 1.67. The van der Waals surface area contributed by atoms with Crippen LogP contribution >= 0.6 is 0 Å². The molecule has 92 valence electrons. The summed E-state index contributed by atoms with van der Waals surface area (Å²) in [6, 6.07) is 0.0368. The minimum Gasteiger partial charge on any atom is -0.390 e. The molecule has 0 amide bonds. The van der Waals surface area contributed by atoms with Crippen LogP contribution in [0.5, 0.6) is 6.01 Å². The van der Waals surface area contributed by atoms with Crippen molar-refractivity contribution in [1.82, 2.24) is 14.8 Å². The summed E-state index contributed by atoms with van der Waals surface area (Å²) in [4.78, 5) is 18.5. The van der Waals surface area contributed by atoms with Gasteiger partial charge in [0.1, 0.15) is 0 Å². The third kappa shape index (κ3) is 2.77. The summed E-state index contributed by atoms with van der Waals surface area (Å²) in [5.41, 5.74) is 0.974. The Bertz CT molecular complexity index is 445. The molecule has 1 fully saturated rings. The van der Waals surface area contributed by atoms with Gasteiger partial charge in [0.15, 0.2) is 0 Å². The molecule has 1 aromatic rings. The Labute approximate surface area is 97.4 Å². The molecule has 1 aliphatic rings. The van der Waals surface area contributed by atoms with Gasteiger partial charge in [0.2, 0.25) is 0 Å². The smallest absolute Gasteiger partial charge is 0.390 e. The Hall–Kier alpha value is -1.99. The van der Waals surface area contributed by atoms with Crippen LogP contribution in [-0.4, -0.2) is 25.4 Å². The Balaban J connectivity index is 2.05. The second-order valence-corrected chi connectivity index (χ2v) is 3.88. The molecule has 0 aliphatic heterocycles. The lowest BCUT2D eigenvalue weighted by atomic mass is 9.99. The lowest BCUT2D eigenvalue weighted by molar-refractivity contribution is -0.394. The van der Waals surface area contributed by atoms with E-state index in [0.717, 1.165) is 31.4 Å². The molecule has 0 atom stereocenters. The van der Waals surface area contributed by atoms with Gasteiger partial charge in [-0.2, -0.15) is 0 Å². The number of hydrogen-bond donors (Lipinski definition) is 0. The maximum atomic E-state index is 10.4. The van der Waals surface area contributed by atoms with Crippen LogP contribution in [0.4, 0.5) is 5.95 Å². The Morgan fingerprint density at radius 1 is 1.41 bits per heavy atom. The fourth-order valence-electron chi connectivity index (χ4n) is 1.67. The summed E-state index contributed by atoms with van der Waals surface area (Å²) in [5, 5.41) is 18.0. The summed E-state index contributed by atoms with van der Waals surface area (Å²) in [7, 11) is 1.52. The molecule has 1 aliphatic carbocycles. The normalized spacial score (nSPS) is 15.7. The van der Waals surface area contributed by atoms with Crippen LogP contribution in [0.25, 0.3) is 0 Å². The number of hydrogen-bond acceptors (Lipinski definition) is 6. The summed E-state index contributed by atoms with van der Waals surface area (Å²) in [6.45, 7) is 0. The summed E-state index contributed by atoms with van der Waals surface area (Å²) in [5.74, 6) is -0.480. The van der Waals surface area contributed by atoms with E-state index >= 15 is 0 Å². The standard InChI is InChI=1S/C9H13N5O3/c1-13-9(10-8(11-13)14(15)16)17-12-7-5-3-2-4-6-7/h2-6H2,1H3. The third-order valence-corrected chi connectivity index (χ3v) is 2.56. The molecule has 0 bridgehead atoms. The van der Waals surface area contributed by atoms with Gasteiger partial charge in [-0.05, 0) is 35.6 Å². The van der Waals surface area contributed by atoms with Crippen LogP contribution < -0.4 is 4.84 Å². The molecule has 1 saturated carbocycles. The Morgan fingerprint density at radius 3 is 2.71 bits per heavy atom. The molecule has 0 aromatic carbocycles. The van der Waals surface area contributed by atoms with Gasteiger partial charge in [0.05, 0.1) is 12.8 Å². The summed E-state index contributed by atoms with van der Waals surface area (Å²) < 4.78 is 1.20. The zero-order valence-corrected chi connectivity index (χ0v) is 9.50. The van der Waals surface area contributed by atoms with Crippen LogP contribution in [0.3, 0.4) is 0 Å². The number of oxime groups is 1. The van der Waals surface area contributed by atoms with Crippen molar-refractivity contribution >= 4 is 11.7 Å². The molecular weight excluding hydrogens is 226 g/mol. The predicted octanol–water partition coefficient (Wildman–Crippen LogP) is 1.42. The number of nitro groups is 1. The average molecular weight is 239 g/mol. The van der Waals surface area contributed by atoms with Crippen LogP contribution in [0.15, 0.2) is 5.16 Å². The molecule has 2 rings (SSSR count). The first-order valence-corrected chi connectivity index (χ1v) is 5.45. The molecule has 1 heterocycles. The molecule has 0 N–H and O–H groups in total. The maximum absolute atomic E-state index is 10.4. The van der Waals surface area contributed by atoms with E-state index in [9.17, 15) is 10.1 Å². The van der Waals surface area contributed by atoms with E-state index in [1.165, 1.54) is 18.2 Å². The largest absolute Gasteiger partial charge is 0.494 e. The van der Waals surface area contributed by atoms with Crippen molar-refractivity contribution < 1.29 is 9.76 Å². The molecule has 0 spiro atoms. The van der Waals surface area contributed by atoms with Gasteiger partial charge in [0, 0.05) is 5.10 Å². The molecular formula is C9H13N5O3. The molecule has 0 radical (unpaired) electrons. The topological polar surface area (TPSA) is 95.4 Å². The van der Waals surface area contributed by atoms with Crippen LogP contribution in [0.2, 0.25) is 0 Å². The van der Waals surface area contributed by atoms with E-state index in [-0.39, 0.29) is 6.01 Å². The van der Waals surface area contributed by atoms with Crippen molar-refractivity contribution in [1.29, 1.82) is 0 Å². The van der Waals surface area contributed by atoms with E-state index in [4.69, 9.17) is 4.84 Å². The monoisotopic (exact) mass is 239 g/mol. The van der Waals surface area contributed by atoms with E-state index in [2.05, 4.69) is 15.2 Å². The van der Waals surface area contributed by atoms with Gasteiger partial charge in [-0.25, -0.2) is 0 Å². The molecule has 17 heavy (non-hydrogen) atoms. The van der Waals surface area contributed by atoms with E-state index in [1.807, 2.05) is 0 Å². The van der Waals surface area contributed by atoms with Crippen molar-refractivity contribution in [3.05, 3.63) is 10.1 Å². The van der Waals surface area contributed by atoms with Crippen LogP contribution in [0.1, 0.15) is 32.1 Å². The summed E-state index contributed by atoms with van der Waals surface area (Å²) in [6.07, 6.45) is 5.27. The highest BCUT2D eigenvalue weighted by molar-refractivity contribution is 5.84. The van der Waals surface area contributed by atoms with Crippen molar-refractivity contribution in [3.8, 4) is 6.01 Å². The van der Waals surface area contributed by atoms with Gasteiger partial charge in [-0.1, -0.05) is 11.6 Å². The van der Waals surface area contributed by atoms with Crippen LogP contribution in [-0.2, 0) is 7.05 Å². The van der Waals surface area contributed by atoms with E-state index < -0.39 is 10.9 Å². The third-order valence-electron chi connectivity index (χ3n) is 2.56. The van der Waals surface area contributed by atoms with E-state index in [0.29, 0.717) is 0 Å². The van der Waals surface area contributed by atoms with Crippen molar-refractivity contribution in [2.45, 2.75) is 32.1 Å². The first kappa shape index (κ1) is 11.5. The molecule has 8 nitrogen and oxygen atoms in total.